The smallest absolute Gasteiger partial charge is 0.268 e. The standard InChI is InChI=1S/C27H26N4O3S/c1-17-8-7-9-19(12-17)28-23(32)16-35-26-30-24-21(25(33)31(26)20-10-5-4-6-11-20)13-18-15-34-27(2,3)14-22(18)29-24/h4-13H,14-16H2,1-3H3,(H,28,32). The zero-order chi connectivity index (χ0) is 24.6. The van der Waals surface area contributed by atoms with Gasteiger partial charge >= 0.3 is 0 Å². The first-order valence-electron chi connectivity index (χ1n) is 11.4. The van der Waals surface area contributed by atoms with E-state index in [1.54, 1.807) is 4.57 Å². The van der Waals surface area contributed by atoms with E-state index in [9.17, 15) is 9.59 Å². The molecule has 4 aromatic rings. The molecule has 7 nitrogen and oxygen atoms in total. The van der Waals surface area contributed by atoms with Crippen LogP contribution in [0.1, 0.15) is 30.7 Å². The second-order valence-corrected chi connectivity index (χ2v) is 10.2. The van der Waals surface area contributed by atoms with Gasteiger partial charge in [0.05, 0.1) is 34.7 Å². The molecule has 0 bridgehead atoms. The third-order valence-electron chi connectivity index (χ3n) is 5.86. The first kappa shape index (κ1) is 23.3. The SMILES string of the molecule is Cc1cccc(NC(=O)CSc2nc3nc4c(cc3c(=O)n2-c2ccccc2)COC(C)(C)C4)c1. The molecule has 0 spiro atoms. The molecular weight excluding hydrogens is 460 g/mol. The molecule has 0 saturated heterocycles. The van der Waals surface area contributed by atoms with Crippen LogP contribution in [-0.4, -0.2) is 31.8 Å². The molecule has 1 N–H and O–H groups in total. The molecule has 1 aliphatic rings. The van der Waals surface area contributed by atoms with E-state index in [-0.39, 0.29) is 22.8 Å². The summed E-state index contributed by atoms with van der Waals surface area (Å²) in [6, 6.07) is 18.8. The zero-order valence-electron chi connectivity index (χ0n) is 19.9. The van der Waals surface area contributed by atoms with Gasteiger partial charge in [-0.2, -0.15) is 0 Å². The van der Waals surface area contributed by atoms with Gasteiger partial charge in [-0.15, -0.1) is 0 Å². The van der Waals surface area contributed by atoms with Crippen molar-refractivity contribution < 1.29 is 9.53 Å². The second kappa shape index (κ2) is 9.28. The van der Waals surface area contributed by atoms with Crippen LogP contribution in [0.2, 0.25) is 0 Å². The number of hydrogen-bond acceptors (Lipinski definition) is 6. The van der Waals surface area contributed by atoms with Crippen LogP contribution in [0.25, 0.3) is 16.7 Å². The number of amides is 1. The van der Waals surface area contributed by atoms with Crippen molar-refractivity contribution in [1.29, 1.82) is 0 Å². The average Bonchev–Trinajstić information content (AvgIpc) is 2.82. The first-order valence-corrected chi connectivity index (χ1v) is 12.4. The summed E-state index contributed by atoms with van der Waals surface area (Å²) in [6.07, 6.45) is 0.642. The predicted octanol–water partition coefficient (Wildman–Crippen LogP) is 4.67. The van der Waals surface area contributed by atoms with Crippen LogP contribution in [0.3, 0.4) is 0 Å². The summed E-state index contributed by atoms with van der Waals surface area (Å²) in [5, 5.41) is 3.77. The van der Waals surface area contributed by atoms with Crippen LogP contribution in [0.15, 0.2) is 70.6 Å². The Labute approximate surface area is 207 Å². The Morgan fingerprint density at radius 1 is 1.11 bits per heavy atom. The molecule has 0 atom stereocenters. The van der Waals surface area contributed by atoms with Crippen molar-refractivity contribution in [1.82, 2.24) is 14.5 Å². The Hall–Kier alpha value is -3.49. The number of thioether (sulfide) groups is 1. The number of benzene rings is 2. The van der Waals surface area contributed by atoms with Gasteiger partial charge in [-0.05, 0) is 56.7 Å². The van der Waals surface area contributed by atoms with Crippen molar-refractivity contribution in [3.63, 3.8) is 0 Å². The fourth-order valence-electron chi connectivity index (χ4n) is 4.13. The number of anilines is 1. The largest absolute Gasteiger partial charge is 0.370 e. The number of ether oxygens (including phenoxy) is 1. The molecule has 3 heterocycles. The zero-order valence-corrected chi connectivity index (χ0v) is 20.7. The van der Waals surface area contributed by atoms with Crippen LogP contribution in [0.4, 0.5) is 5.69 Å². The van der Waals surface area contributed by atoms with Crippen LogP contribution < -0.4 is 10.9 Å². The number of fused-ring (bicyclic) bond motifs is 2. The molecule has 35 heavy (non-hydrogen) atoms. The van der Waals surface area contributed by atoms with Gasteiger partial charge < -0.3 is 10.1 Å². The lowest BCUT2D eigenvalue weighted by atomic mass is 9.95. The van der Waals surface area contributed by atoms with E-state index >= 15 is 0 Å². The molecule has 0 aliphatic carbocycles. The van der Waals surface area contributed by atoms with Gasteiger partial charge in [0.2, 0.25) is 5.91 Å². The molecule has 2 aromatic heterocycles. The summed E-state index contributed by atoms with van der Waals surface area (Å²) >= 11 is 1.21. The summed E-state index contributed by atoms with van der Waals surface area (Å²) in [5.41, 5.74) is 4.14. The number of nitrogens with one attached hydrogen (secondary N) is 1. The molecular formula is C27H26N4O3S. The number of carbonyl (C=O) groups excluding carboxylic acids is 1. The Morgan fingerprint density at radius 3 is 2.69 bits per heavy atom. The number of aryl methyl sites for hydroxylation is 1. The molecule has 0 saturated carbocycles. The number of pyridine rings is 1. The third-order valence-corrected chi connectivity index (χ3v) is 6.80. The highest BCUT2D eigenvalue weighted by atomic mass is 32.2. The van der Waals surface area contributed by atoms with Crippen molar-refractivity contribution in [2.24, 2.45) is 0 Å². The van der Waals surface area contributed by atoms with Crippen molar-refractivity contribution in [2.75, 3.05) is 11.1 Å². The fourth-order valence-corrected chi connectivity index (χ4v) is 4.93. The summed E-state index contributed by atoms with van der Waals surface area (Å²) in [7, 11) is 0. The minimum atomic E-state index is -0.321. The molecule has 1 amide bonds. The maximum Gasteiger partial charge on any atom is 0.268 e. The molecule has 178 valence electrons. The minimum Gasteiger partial charge on any atom is -0.370 e. The van der Waals surface area contributed by atoms with Crippen molar-refractivity contribution in [3.8, 4) is 5.69 Å². The van der Waals surface area contributed by atoms with Gasteiger partial charge in [0.15, 0.2) is 10.8 Å². The van der Waals surface area contributed by atoms with E-state index in [1.807, 2.05) is 81.4 Å². The normalized spacial score (nSPS) is 14.5. The maximum atomic E-state index is 13.7. The van der Waals surface area contributed by atoms with E-state index in [2.05, 4.69) is 5.32 Å². The quantitative estimate of drug-likeness (QED) is 0.326. The van der Waals surface area contributed by atoms with Gasteiger partial charge in [0, 0.05) is 17.7 Å². The van der Waals surface area contributed by atoms with Crippen LogP contribution in [0.5, 0.6) is 0 Å². The van der Waals surface area contributed by atoms with Crippen molar-refractivity contribution in [2.45, 2.75) is 44.6 Å². The number of para-hydroxylation sites is 1. The van der Waals surface area contributed by atoms with E-state index < -0.39 is 0 Å². The van der Waals surface area contributed by atoms with E-state index in [1.165, 1.54) is 11.8 Å². The second-order valence-electron chi connectivity index (χ2n) is 9.27. The van der Waals surface area contributed by atoms with Crippen LogP contribution in [0, 0.1) is 6.92 Å². The van der Waals surface area contributed by atoms with Crippen LogP contribution >= 0.6 is 11.8 Å². The molecule has 5 rings (SSSR count). The molecule has 0 fully saturated rings. The van der Waals surface area contributed by atoms with E-state index in [4.69, 9.17) is 14.7 Å². The summed E-state index contributed by atoms with van der Waals surface area (Å²) in [6.45, 7) is 6.43. The van der Waals surface area contributed by atoms with E-state index in [0.717, 1.165) is 22.5 Å². The minimum absolute atomic E-state index is 0.102. The fraction of sp³-hybridized carbons (Fsp3) is 0.259. The Morgan fingerprint density at radius 2 is 1.91 bits per heavy atom. The number of aromatic nitrogens is 3. The summed E-state index contributed by atoms with van der Waals surface area (Å²) < 4.78 is 7.47. The first-order chi connectivity index (χ1) is 16.8. The van der Waals surface area contributed by atoms with Gasteiger partial charge in [-0.1, -0.05) is 42.1 Å². The third kappa shape index (κ3) is 4.99. The average molecular weight is 487 g/mol. The Balaban J connectivity index is 1.53. The number of hydrogen-bond donors (Lipinski definition) is 1. The highest BCUT2D eigenvalue weighted by Crippen LogP contribution is 2.29. The maximum absolute atomic E-state index is 13.7. The lowest BCUT2D eigenvalue weighted by molar-refractivity contribution is -0.113. The van der Waals surface area contributed by atoms with Gasteiger partial charge in [-0.25, -0.2) is 9.97 Å². The van der Waals surface area contributed by atoms with Gasteiger partial charge in [0.25, 0.3) is 5.56 Å². The van der Waals surface area contributed by atoms with Crippen molar-refractivity contribution in [3.05, 3.63) is 87.8 Å². The number of nitrogens with zero attached hydrogens (tertiary/aromatic N) is 3. The Kier molecular flexibility index (Phi) is 6.17. The molecule has 2 aromatic carbocycles. The predicted molar refractivity (Wildman–Crippen MR) is 138 cm³/mol. The monoisotopic (exact) mass is 486 g/mol. The van der Waals surface area contributed by atoms with Gasteiger partial charge in [-0.3, -0.25) is 14.2 Å². The summed E-state index contributed by atoms with van der Waals surface area (Å²) in [5.74, 6) is -0.0725. The number of rotatable bonds is 5. The van der Waals surface area contributed by atoms with E-state index in [0.29, 0.717) is 34.9 Å². The lowest BCUT2D eigenvalue weighted by Crippen LogP contribution is -2.33. The van der Waals surface area contributed by atoms with Gasteiger partial charge in [0.1, 0.15) is 0 Å². The van der Waals surface area contributed by atoms with Crippen molar-refractivity contribution >= 4 is 34.4 Å². The van der Waals surface area contributed by atoms with Crippen LogP contribution in [-0.2, 0) is 22.6 Å². The lowest BCUT2D eigenvalue weighted by Gasteiger charge is -2.31. The summed E-state index contributed by atoms with van der Waals surface area (Å²) in [4.78, 5) is 35.9. The highest BCUT2D eigenvalue weighted by Gasteiger charge is 2.28. The topological polar surface area (TPSA) is 86.1 Å². The molecule has 8 heteroatoms. The number of carbonyl (C=O) groups is 1. The molecule has 0 unspecified atom stereocenters. The Bertz CT molecular complexity index is 1480. The molecule has 0 radical (unpaired) electrons. The highest BCUT2D eigenvalue weighted by molar-refractivity contribution is 7.99. The molecule has 1 aliphatic heterocycles.